The summed E-state index contributed by atoms with van der Waals surface area (Å²) < 4.78 is 0. The van der Waals surface area contributed by atoms with Gasteiger partial charge in [0.25, 0.3) is 0 Å². The molecule has 2 aliphatic rings. The molecule has 218 valence electrons. The van der Waals surface area contributed by atoms with Crippen LogP contribution in [0.3, 0.4) is 0 Å². The monoisotopic (exact) mass is 554 g/mol. The lowest BCUT2D eigenvalue weighted by molar-refractivity contribution is 0.392. The van der Waals surface area contributed by atoms with Gasteiger partial charge in [0.2, 0.25) is 0 Å². The van der Waals surface area contributed by atoms with E-state index in [0.717, 1.165) is 25.7 Å². The molecule has 42 heavy (non-hydrogen) atoms. The largest absolute Gasteiger partial charge is 0.103 e. The highest BCUT2D eigenvalue weighted by molar-refractivity contribution is 6.07. The fraction of sp³-hybridized carbons (Fsp3) is 0.333. The molecule has 1 unspecified atom stereocenters. The summed E-state index contributed by atoms with van der Waals surface area (Å²) in [5.41, 5.74) is 8.68. The number of hydrogen-bond donors (Lipinski definition) is 0. The van der Waals surface area contributed by atoms with Crippen molar-refractivity contribution in [2.45, 2.75) is 85.0 Å². The minimum absolute atomic E-state index is 0.0243. The third kappa shape index (κ3) is 6.10. The van der Waals surface area contributed by atoms with Crippen molar-refractivity contribution < 1.29 is 0 Å². The Balaban J connectivity index is 0.000000185. The number of rotatable bonds is 4. The Labute approximate surface area is 255 Å². The van der Waals surface area contributed by atoms with E-state index in [4.69, 9.17) is 0 Å². The molecule has 0 saturated carbocycles. The Morgan fingerprint density at radius 3 is 2.24 bits per heavy atom. The highest BCUT2D eigenvalue weighted by Gasteiger charge is 2.41. The first kappa shape index (κ1) is 31.3. The Kier molecular flexibility index (Phi) is 9.78. The molecule has 0 N–H and O–H groups in total. The quantitative estimate of drug-likeness (QED) is 0.174. The molecule has 0 nitrogen and oxygen atoms in total. The minimum Gasteiger partial charge on any atom is -0.103 e. The number of benzene rings is 4. The standard InChI is InChI=1S/C22H26.C18H18.C2H6/c1-5-14-22(15-16(2)3)17(4)18-10-6-7-11-19(18)20-12-8-9-13-21(20)22;1-18(2,3)15-10-11-17-14(12-15)9-8-13-6-4-5-7-16(13)17;1-2/h5,7-9,11-13,16H,1,4,6,10,14-15H2,2-3H3;4-12H,1-3H3;1-2H3. The van der Waals surface area contributed by atoms with Gasteiger partial charge in [0, 0.05) is 5.41 Å². The van der Waals surface area contributed by atoms with Crippen LogP contribution in [0.15, 0.2) is 121 Å². The molecule has 4 aromatic carbocycles. The molecular weight excluding hydrogens is 504 g/mol. The molecule has 6 rings (SSSR count). The van der Waals surface area contributed by atoms with Crippen molar-refractivity contribution in [2.75, 3.05) is 0 Å². The van der Waals surface area contributed by atoms with Crippen LogP contribution in [0.5, 0.6) is 0 Å². The molecule has 0 heteroatoms. The molecule has 0 spiro atoms. The highest BCUT2D eigenvalue weighted by atomic mass is 14.4. The van der Waals surface area contributed by atoms with E-state index in [9.17, 15) is 0 Å². The first-order valence-corrected chi connectivity index (χ1v) is 15.9. The molecule has 2 aliphatic carbocycles. The Morgan fingerprint density at radius 1 is 0.857 bits per heavy atom. The first-order valence-electron chi connectivity index (χ1n) is 15.9. The predicted molar refractivity (Wildman–Crippen MR) is 188 cm³/mol. The summed E-state index contributed by atoms with van der Waals surface area (Å²) in [5.74, 6) is 0.631. The van der Waals surface area contributed by atoms with Crippen LogP contribution in [0, 0.1) is 5.92 Å². The summed E-state index contributed by atoms with van der Waals surface area (Å²) in [6.07, 6.45) is 11.0. The van der Waals surface area contributed by atoms with Gasteiger partial charge in [-0.15, -0.1) is 6.58 Å². The summed E-state index contributed by atoms with van der Waals surface area (Å²) in [4.78, 5) is 0. The zero-order valence-electron chi connectivity index (χ0n) is 27.1. The van der Waals surface area contributed by atoms with Crippen LogP contribution < -0.4 is 0 Å². The molecule has 0 aliphatic heterocycles. The van der Waals surface area contributed by atoms with Crippen molar-refractivity contribution >= 4 is 27.1 Å². The number of allylic oxidation sites excluding steroid dienone is 6. The van der Waals surface area contributed by atoms with Gasteiger partial charge in [-0.25, -0.2) is 0 Å². The Bertz CT molecular complexity index is 1630. The van der Waals surface area contributed by atoms with Crippen molar-refractivity contribution in [3.8, 4) is 0 Å². The van der Waals surface area contributed by atoms with Gasteiger partial charge in [-0.05, 0) is 92.0 Å². The predicted octanol–water partition coefficient (Wildman–Crippen LogP) is 12.5. The lowest BCUT2D eigenvalue weighted by Gasteiger charge is -2.44. The maximum absolute atomic E-state index is 4.58. The third-order valence-corrected chi connectivity index (χ3v) is 8.71. The van der Waals surface area contributed by atoms with E-state index in [1.165, 1.54) is 55.0 Å². The van der Waals surface area contributed by atoms with Crippen LogP contribution >= 0.6 is 0 Å². The van der Waals surface area contributed by atoms with Gasteiger partial charge in [0.1, 0.15) is 0 Å². The summed E-state index contributed by atoms with van der Waals surface area (Å²) in [7, 11) is 0. The fourth-order valence-corrected chi connectivity index (χ4v) is 6.79. The first-order chi connectivity index (χ1) is 20.2. The summed E-state index contributed by atoms with van der Waals surface area (Å²) in [6, 6.07) is 28.8. The van der Waals surface area contributed by atoms with Crippen molar-refractivity contribution in [3.63, 3.8) is 0 Å². The van der Waals surface area contributed by atoms with Gasteiger partial charge in [0.05, 0.1) is 0 Å². The van der Waals surface area contributed by atoms with E-state index in [-0.39, 0.29) is 10.8 Å². The van der Waals surface area contributed by atoms with Gasteiger partial charge in [-0.3, -0.25) is 0 Å². The van der Waals surface area contributed by atoms with Gasteiger partial charge in [-0.1, -0.05) is 152 Å². The second-order valence-corrected chi connectivity index (χ2v) is 13.0. The zero-order chi connectivity index (χ0) is 30.5. The van der Waals surface area contributed by atoms with Crippen LogP contribution in [0.4, 0.5) is 0 Å². The lowest BCUT2D eigenvalue weighted by atomic mass is 9.59. The summed E-state index contributed by atoms with van der Waals surface area (Å²) >= 11 is 0. The Hall–Kier alpha value is -3.64. The molecule has 0 saturated heterocycles. The number of fused-ring (bicyclic) bond motifs is 5. The van der Waals surface area contributed by atoms with Crippen LogP contribution in [-0.4, -0.2) is 0 Å². The maximum atomic E-state index is 4.58. The van der Waals surface area contributed by atoms with Crippen molar-refractivity contribution in [1.82, 2.24) is 0 Å². The van der Waals surface area contributed by atoms with Gasteiger partial charge in [0.15, 0.2) is 0 Å². The van der Waals surface area contributed by atoms with E-state index in [0.29, 0.717) is 5.92 Å². The molecular formula is C42H50. The minimum atomic E-state index is 0.0243. The lowest BCUT2D eigenvalue weighted by Crippen LogP contribution is -2.35. The molecule has 0 fully saturated rings. The molecule has 0 bridgehead atoms. The van der Waals surface area contributed by atoms with Crippen LogP contribution in [0.25, 0.3) is 27.1 Å². The summed E-state index contributed by atoms with van der Waals surface area (Å²) in [6.45, 7) is 24.0. The second-order valence-electron chi connectivity index (χ2n) is 13.0. The fourth-order valence-electron chi connectivity index (χ4n) is 6.79. The van der Waals surface area contributed by atoms with Gasteiger partial charge < -0.3 is 0 Å². The zero-order valence-corrected chi connectivity index (χ0v) is 27.1. The summed E-state index contributed by atoms with van der Waals surface area (Å²) in [5, 5.41) is 5.34. The topological polar surface area (TPSA) is 0 Å². The van der Waals surface area contributed by atoms with Crippen molar-refractivity contribution in [1.29, 1.82) is 0 Å². The normalized spacial score (nSPS) is 17.7. The third-order valence-electron chi connectivity index (χ3n) is 8.71. The number of hydrogen-bond acceptors (Lipinski definition) is 0. The van der Waals surface area contributed by atoms with E-state index < -0.39 is 0 Å². The van der Waals surface area contributed by atoms with Crippen LogP contribution in [-0.2, 0) is 10.8 Å². The van der Waals surface area contributed by atoms with Crippen LogP contribution in [0.2, 0.25) is 0 Å². The molecule has 0 heterocycles. The molecule has 1 atom stereocenters. The van der Waals surface area contributed by atoms with Crippen molar-refractivity contribution in [2.24, 2.45) is 5.92 Å². The molecule has 0 aromatic heterocycles. The second kappa shape index (κ2) is 13.1. The molecule has 0 radical (unpaired) electrons. The average Bonchev–Trinajstić information content (AvgIpc) is 3.00. The maximum Gasteiger partial charge on any atom is 0.0242 e. The van der Waals surface area contributed by atoms with E-state index in [1.54, 1.807) is 0 Å². The van der Waals surface area contributed by atoms with E-state index in [1.807, 2.05) is 13.8 Å². The SMILES string of the molecule is C=CCC1(CC(C)C)C(=C)C2=C(C=CCC2)c2ccccc21.CC.CC(C)(C)c1ccc2c(ccc3ccccc32)c1. The average molecular weight is 555 g/mol. The molecule has 0 amide bonds. The van der Waals surface area contributed by atoms with Gasteiger partial charge in [-0.2, -0.15) is 0 Å². The van der Waals surface area contributed by atoms with Crippen molar-refractivity contribution in [3.05, 3.63) is 138 Å². The van der Waals surface area contributed by atoms with E-state index in [2.05, 4.69) is 145 Å². The van der Waals surface area contributed by atoms with Gasteiger partial charge >= 0.3 is 0 Å². The van der Waals surface area contributed by atoms with E-state index >= 15 is 0 Å². The Morgan fingerprint density at radius 2 is 1.52 bits per heavy atom. The smallest absolute Gasteiger partial charge is 0.0242 e. The molecule has 4 aromatic rings. The highest BCUT2D eigenvalue weighted by Crippen LogP contribution is 2.53. The van der Waals surface area contributed by atoms with Crippen LogP contribution in [0.1, 0.15) is 90.8 Å².